The third-order valence-electron chi connectivity index (χ3n) is 5.51. The molecule has 2 amide bonds. The highest BCUT2D eigenvalue weighted by Crippen LogP contribution is 2.23. The Morgan fingerprint density at radius 2 is 1.75 bits per heavy atom. The summed E-state index contributed by atoms with van der Waals surface area (Å²) in [4.78, 5) is 31.3. The third kappa shape index (κ3) is 4.43. The van der Waals surface area contributed by atoms with Gasteiger partial charge in [0.05, 0.1) is 5.69 Å². The van der Waals surface area contributed by atoms with Crippen LogP contribution in [0.4, 0.5) is 0 Å². The minimum Gasteiger partial charge on any atom is -0.349 e. The molecule has 0 aliphatic heterocycles. The number of imidazole rings is 1. The molecular formula is C25H26N4O2S. The Morgan fingerprint density at radius 3 is 2.50 bits per heavy atom. The molecule has 4 aromatic rings. The Hall–Kier alpha value is -3.45. The van der Waals surface area contributed by atoms with E-state index < -0.39 is 0 Å². The van der Waals surface area contributed by atoms with Gasteiger partial charge < -0.3 is 10.6 Å². The van der Waals surface area contributed by atoms with E-state index in [1.54, 1.807) is 4.40 Å². The summed E-state index contributed by atoms with van der Waals surface area (Å²) in [7, 11) is 0. The van der Waals surface area contributed by atoms with Gasteiger partial charge in [-0.1, -0.05) is 62.4 Å². The molecule has 0 saturated carbocycles. The van der Waals surface area contributed by atoms with Crippen molar-refractivity contribution in [3.05, 3.63) is 83.1 Å². The topological polar surface area (TPSA) is 75.5 Å². The van der Waals surface area contributed by atoms with Gasteiger partial charge in [-0.25, -0.2) is 4.98 Å². The number of nitrogens with one attached hydrogen (secondary N) is 2. The number of aryl methyl sites for hydroxylation is 1. The highest BCUT2D eigenvalue weighted by atomic mass is 32.1. The smallest absolute Gasteiger partial charge is 0.270 e. The maximum absolute atomic E-state index is 13.2. The van der Waals surface area contributed by atoms with Gasteiger partial charge in [0.2, 0.25) is 0 Å². The van der Waals surface area contributed by atoms with Crippen molar-refractivity contribution in [3.63, 3.8) is 0 Å². The van der Waals surface area contributed by atoms with Crippen molar-refractivity contribution in [1.29, 1.82) is 0 Å². The maximum atomic E-state index is 13.2. The van der Waals surface area contributed by atoms with Crippen LogP contribution in [0.1, 0.15) is 40.4 Å². The number of benzene rings is 2. The molecule has 0 fully saturated rings. The molecular weight excluding hydrogens is 420 g/mol. The first-order chi connectivity index (χ1) is 15.5. The fraction of sp³-hybridized carbons (Fsp3) is 0.240. The van der Waals surface area contributed by atoms with Crippen LogP contribution in [0.3, 0.4) is 0 Å². The summed E-state index contributed by atoms with van der Waals surface area (Å²) in [5.74, 6) is -0.216. The van der Waals surface area contributed by atoms with E-state index in [2.05, 4.69) is 15.6 Å². The average molecular weight is 447 g/mol. The van der Waals surface area contributed by atoms with Crippen LogP contribution < -0.4 is 10.6 Å². The van der Waals surface area contributed by atoms with Crippen molar-refractivity contribution in [2.75, 3.05) is 6.54 Å². The van der Waals surface area contributed by atoms with Crippen molar-refractivity contribution < 1.29 is 9.59 Å². The second kappa shape index (κ2) is 9.36. The summed E-state index contributed by atoms with van der Waals surface area (Å²) >= 11 is 1.49. The van der Waals surface area contributed by atoms with E-state index in [4.69, 9.17) is 0 Å². The van der Waals surface area contributed by atoms with Crippen LogP contribution in [0.15, 0.2) is 66.2 Å². The van der Waals surface area contributed by atoms with Gasteiger partial charge in [0.15, 0.2) is 4.96 Å². The van der Waals surface area contributed by atoms with Gasteiger partial charge >= 0.3 is 0 Å². The molecule has 6 nitrogen and oxygen atoms in total. The first-order valence-electron chi connectivity index (χ1n) is 10.6. The highest BCUT2D eigenvalue weighted by molar-refractivity contribution is 7.15. The zero-order valence-corrected chi connectivity index (χ0v) is 19.1. The van der Waals surface area contributed by atoms with Crippen molar-refractivity contribution in [2.24, 2.45) is 5.92 Å². The molecule has 0 unspecified atom stereocenters. The monoisotopic (exact) mass is 446 g/mol. The van der Waals surface area contributed by atoms with Crippen LogP contribution >= 0.6 is 11.3 Å². The molecule has 0 aliphatic carbocycles. The fourth-order valence-electron chi connectivity index (χ4n) is 3.70. The van der Waals surface area contributed by atoms with Gasteiger partial charge in [0, 0.05) is 29.7 Å². The van der Waals surface area contributed by atoms with Crippen LogP contribution in [0.2, 0.25) is 0 Å². The molecule has 164 valence electrons. The quantitative estimate of drug-likeness (QED) is 0.437. The van der Waals surface area contributed by atoms with Gasteiger partial charge in [-0.05, 0) is 30.0 Å². The molecule has 1 atom stereocenters. The van der Waals surface area contributed by atoms with Crippen molar-refractivity contribution >= 4 is 28.1 Å². The predicted molar refractivity (Wildman–Crippen MR) is 128 cm³/mol. The lowest BCUT2D eigenvalue weighted by atomic mass is 9.98. The Morgan fingerprint density at radius 1 is 1.03 bits per heavy atom. The van der Waals surface area contributed by atoms with Gasteiger partial charge in [-0.3, -0.25) is 14.0 Å². The number of amides is 2. The van der Waals surface area contributed by atoms with Crippen LogP contribution in [-0.2, 0) is 0 Å². The van der Waals surface area contributed by atoms with E-state index >= 15 is 0 Å². The molecule has 0 spiro atoms. The SMILES string of the molecule is Cc1nc2sccn2c1C(=O)NC[C@H](NC(=O)c1ccccc1-c1ccccc1)C(C)C. The van der Waals surface area contributed by atoms with Crippen molar-refractivity contribution in [2.45, 2.75) is 26.8 Å². The predicted octanol–water partition coefficient (Wildman–Crippen LogP) is 4.56. The Balaban J connectivity index is 1.49. The molecule has 0 saturated heterocycles. The lowest BCUT2D eigenvalue weighted by Crippen LogP contribution is -2.47. The highest BCUT2D eigenvalue weighted by Gasteiger charge is 2.22. The van der Waals surface area contributed by atoms with Gasteiger partial charge in [0.25, 0.3) is 11.8 Å². The fourth-order valence-corrected chi connectivity index (χ4v) is 4.46. The number of thiazole rings is 1. The zero-order valence-electron chi connectivity index (χ0n) is 18.3. The summed E-state index contributed by atoms with van der Waals surface area (Å²) in [6.07, 6.45) is 1.84. The van der Waals surface area contributed by atoms with Crippen LogP contribution in [0, 0.1) is 12.8 Å². The number of aromatic nitrogens is 2. The van der Waals surface area contributed by atoms with Gasteiger partial charge in [-0.2, -0.15) is 0 Å². The second-order valence-corrected chi connectivity index (χ2v) is 8.92. The minimum atomic E-state index is -0.221. The molecule has 4 rings (SSSR count). The van der Waals surface area contributed by atoms with Crippen molar-refractivity contribution in [1.82, 2.24) is 20.0 Å². The van der Waals surface area contributed by atoms with E-state index in [-0.39, 0.29) is 23.8 Å². The third-order valence-corrected chi connectivity index (χ3v) is 6.27. The molecule has 7 heteroatoms. The number of hydrogen-bond acceptors (Lipinski definition) is 4. The van der Waals surface area contributed by atoms with Crippen LogP contribution in [0.25, 0.3) is 16.1 Å². The summed E-state index contributed by atoms with van der Waals surface area (Å²) in [6.45, 7) is 6.21. The van der Waals surface area contributed by atoms with E-state index in [0.717, 1.165) is 16.1 Å². The van der Waals surface area contributed by atoms with Gasteiger partial charge in [-0.15, -0.1) is 11.3 Å². The maximum Gasteiger partial charge on any atom is 0.270 e. The van der Waals surface area contributed by atoms with Crippen molar-refractivity contribution in [3.8, 4) is 11.1 Å². The molecule has 2 aromatic carbocycles. The largest absolute Gasteiger partial charge is 0.349 e. The van der Waals surface area contributed by atoms with Gasteiger partial charge in [0.1, 0.15) is 5.69 Å². The summed E-state index contributed by atoms with van der Waals surface area (Å²) in [5.41, 5.74) is 3.71. The normalized spacial score (nSPS) is 12.1. The van der Waals surface area contributed by atoms with E-state index in [1.165, 1.54) is 11.3 Å². The van der Waals surface area contributed by atoms with E-state index in [9.17, 15) is 9.59 Å². The number of rotatable bonds is 7. The number of carbonyl (C=O) groups excluding carboxylic acids is 2. The summed E-state index contributed by atoms with van der Waals surface area (Å²) < 4.78 is 1.80. The van der Waals surface area contributed by atoms with E-state index in [1.807, 2.05) is 86.9 Å². The second-order valence-electron chi connectivity index (χ2n) is 8.05. The first kappa shape index (κ1) is 21.8. The average Bonchev–Trinajstić information content (AvgIpc) is 3.36. The molecule has 0 bridgehead atoms. The molecule has 2 heterocycles. The Bertz CT molecular complexity index is 1240. The Labute approximate surface area is 191 Å². The number of fused-ring (bicyclic) bond motifs is 1. The zero-order chi connectivity index (χ0) is 22.7. The molecule has 0 aliphatic rings. The molecule has 2 N–H and O–H groups in total. The first-order valence-corrected chi connectivity index (χ1v) is 11.5. The molecule has 32 heavy (non-hydrogen) atoms. The number of nitrogens with zero attached hydrogens (tertiary/aromatic N) is 2. The molecule has 2 aromatic heterocycles. The standard InChI is InChI=1S/C25H26N4O2S/c1-16(2)21(15-26-24(31)22-17(3)27-25-29(22)13-14-32-25)28-23(30)20-12-8-7-11-19(20)18-9-5-4-6-10-18/h4-14,16,21H,15H2,1-3H3,(H,26,31)(H,28,30)/t21-/m0/s1. The number of hydrogen-bond donors (Lipinski definition) is 2. The summed E-state index contributed by atoms with van der Waals surface area (Å²) in [5, 5.41) is 8.00. The van der Waals surface area contributed by atoms with Crippen LogP contribution in [-0.4, -0.2) is 33.8 Å². The lowest BCUT2D eigenvalue weighted by Gasteiger charge is -2.23. The van der Waals surface area contributed by atoms with E-state index in [0.29, 0.717) is 23.5 Å². The minimum absolute atomic E-state index is 0.135. The Kier molecular flexibility index (Phi) is 6.37. The molecule has 0 radical (unpaired) electrons. The lowest BCUT2D eigenvalue weighted by molar-refractivity contribution is 0.0895. The van der Waals surface area contributed by atoms with Crippen LogP contribution in [0.5, 0.6) is 0 Å². The summed E-state index contributed by atoms with van der Waals surface area (Å²) in [6, 6.07) is 17.2. The number of carbonyl (C=O) groups is 2.